The van der Waals surface area contributed by atoms with Crippen molar-refractivity contribution in [2.24, 2.45) is 7.05 Å². The third kappa shape index (κ3) is 5.00. The predicted octanol–water partition coefficient (Wildman–Crippen LogP) is 0.0884. The van der Waals surface area contributed by atoms with E-state index >= 15 is 0 Å². The van der Waals surface area contributed by atoms with E-state index in [2.05, 4.69) is 10.6 Å². The van der Waals surface area contributed by atoms with Crippen LogP contribution in [0.25, 0.3) is 0 Å². The molecule has 10 heteroatoms. The number of rotatable bonds is 7. The van der Waals surface area contributed by atoms with Gasteiger partial charge in [0, 0.05) is 41.3 Å². The summed E-state index contributed by atoms with van der Waals surface area (Å²) in [7, 11) is 0.0948. The molecule has 1 unspecified atom stereocenters. The summed E-state index contributed by atoms with van der Waals surface area (Å²) in [5.41, 5.74) is -0.366. The number of carbonyl (C=O) groups excluding carboxylic acids is 1. The lowest BCUT2D eigenvalue weighted by atomic mass is 10.2. The summed E-state index contributed by atoms with van der Waals surface area (Å²) in [6.07, 6.45) is 2.68. The van der Waals surface area contributed by atoms with Gasteiger partial charge in [-0.2, -0.15) is 0 Å². The molecule has 0 saturated carbocycles. The molecule has 0 aliphatic rings. The summed E-state index contributed by atoms with van der Waals surface area (Å²) in [6.45, 7) is -0.942. The molecule has 0 aliphatic heterocycles. The Balaban J connectivity index is 2.41. The van der Waals surface area contributed by atoms with Gasteiger partial charge in [0.05, 0.1) is 36.2 Å². The van der Waals surface area contributed by atoms with Gasteiger partial charge in [-0.25, -0.2) is 4.39 Å². The van der Waals surface area contributed by atoms with Crippen molar-refractivity contribution < 1.29 is 23.6 Å². The van der Waals surface area contributed by atoms with Crippen molar-refractivity contribution in [2.75, 3.05) is 24.8 Å². The van der Waals surface area contributed by atoms with Gasteiger partial charge in [-0.3, -0.25) is 13.8 Å². The molecular formula is C17H20FN3O5S. The fraction of sp³-hybridized carbons (Fsp3) is 0.294. The first kappa shape index (κ1) is 20.7. The Morgan fingerprint density at radius 1 is 1.26 bits per heavy atom. The van der Waals surface area contributed by atoms with Gasteiger partial charge in [0.15, 0.2) is 0 Å². The summed E-state index contributed by atoms with van der Waals surface area (Å²) in [5.74, 6) is -1.36. The molecule has 2 rings (SSSR count). The van der Waals surface area contributed by atoms with E-state index in [1.807, 2.05) is 0 Å². The zero-order chi connectivity index (χ0) is 20.1. The zero-order valence-corrected chi connectivity index (χ0v) is 15.5. The number of nitrogens with zero attached hydrogens (tertiary/aromatic N) is 1. The third-order valence-electron chi connectivity index (χ3n) is 3.79. The van der Waals surface area contributed by atoms with E-state index < -0.39 is 47.3 Å². The molecule has 0 spiro atoms. The largest absolute Gasteiger partial charge is 0.394 e. The Labute approximate surface area is 157 Å². The number of benzene rings is 1. The van der Waals surface area contributed by atoms with E-state index in [-0.39, 0.29) is 16.9 Å². The number of hydrogen-bond donors (Lipinski definition) is 4. The van der Waals surface area contributed by atoms with E-state index in [9.17, 15) is 18.2 Å². The van der Waals surface area contributed by atoms with Crippen molar-refractivity contribution in [1.82, 2.24) is 9.88 Å². The Kier molecular flexibility index (Phi) is 6.83. The predicted molar refractivity (Wildman–Crippen MR) is 99.1 cm³/mol. The number of hydrogen-bond acceptors (Lipinski definition) is 6. The molecule has 146 valence electrons. The number of amides is 1. The first-order valence-electron chi connectivity index (χ1n) is 7.90. The van der Waals surface area contributed by atoms with Crippen LogP contribution in [0.3, 0.4) is 0 Å². The highest BCUT2D eigenvalue weighted by Gasteiger charge is 2.18. The van der Waals surface area contributed by atoms with Crippen LogP contribution in [0.4, 0.5) is 15.8 Å². The van der Waals surface area contributed by atoms with Crippen molar-refractivity contribution in [2.45, 2.75) is 10.9 Å². The van der Waals surface area contributed by atoms with Crippen molar-refractivity contribution in [1.29, 1.82) is 0 Å². The molecule has 2 aromatic rings. The molecule has 0 aliphatic carbocycles. The van der Waals surface area contributed by atoms with Gasteiger partial charge in [0.1, 0.15) is 5.82 Å². The number of nitrogens with one attached hydrogen (secondary N) is 2. The first-order chi connectivity index (χ1) is 12.8. The van der Waals surface area contributed by atoms with Crippen molar-refractivity contribution in [3.05, 3.63) is 52.2 Å². The highest BCUT2D eigenvalue weighted by atomic mass is 32.2. The standard InChI is InChI=1S/C17H20FN3O5S/c1-21-7-12(17(25)19-10(8-22)9-23)15(6-16(21)24)20-14-4-3-11(27(2)26)5-13(14)18/h3-7,10,20,22-23H,8-9H2,1-2H3,(H,19,25). The maximum absolute atomic E-state index is 14.3. The number of aromatic nitrogens is 1. The maximum atomic E-state index is 14.3. The molecule has 1 aromatic heterocycles. The lowest BCUT2D eigenvalue weighted by Gasteiger charge is -2.17. The van der Waals surface area contributed by atoms with Crippen molar-refractivity contribution >= 4 is 28.1 Å². The van der Waals surface area contributed by atoms with E-state index in [0.717, 1.165) is 12.1 Å². The van der Waals surface area contributed by atoms with Crippen LogP contribution in [0.15, 0.2) is 40.2 Å². The minimum Gasteiger partial charge on any atom is -0.394 e. The molecule has 27 heavy (non-hydrogen) atoms. The smallest absolute Gasteiger partial charge is 0.255 e. The van der Waals surface area contributed by atoms with Crippen LogP contribution in [-0.2, 0) is 17.8 Å². The van der Waals surface area contributed by atoms with Gasteiger partial charge < -0.3 is 25.4 Å². The van der Waals surface area contributed by atoms with Gasteiger partial charge in [-0.15, -0.1) is 0 Å². The second-order valence-electron chi connectivity index (χ2n) is 5.81. The molecule has 0 fully saturated rings. The highest BCUT2D eigenvalue weighted by molar-refractivity contribution is 7.84. The van der Waals surface area contributed by atoms with Crippen LogP contribution < -0.4 is 16.2 Å². The minimum absolute atomic E-state index is 0.00707. The average Bonchev–Trinajstić information content (AvgIpc) is 2.63. The summed E-state index contributed by atoms with van der Waals surface area (Å²) >= 11 is 0. The molecule has 0 radical (unpaired) electrons. The van der Waals surface area contributed by atoms with Crippen LogP contribution in [0.5, 0.6) is 0 Å². The van der Waals surface area contributed by atoms with E-state index in [1.54, 1.807) is 0 Å². The fourth-order valence-corrected chi connectivity index (χ4v) is 2.78. The number of anilines is 2. The van der Waals surface area contributed by atoms with Crippen LogP contribution in [0.2, 0.25) is 0 Å². The summed E-state index contributed by atoms with van der Waals surface area (Å²) in [6, 6.07) is 4.18. The molecule has 8 nitrogen and oxygen atoms in total. The van der Waals surface area contributed by atoms with Gasteiger partial charge in [-0.1, -0.05) is 0 Å². The highest BCUT2D eigenvalue weighted by Crippen LogP contribution is 2.24. The van der Waals surface area contributed by atoms with Gasteiger partial charge in [0.2, 0.25) is 0 Å². The molecule has 1 heterocycles. The normalized spacial score (nSPS) is 12.1. The molecule has 0 bridgehead atoms. The number of aryl methyl sites for hydroxylation is 1. The summed E-state index contributed by atoms with van der Waals surface area (Å²) < 4.78 is 26.9. The second kappa shape index (κ2) is 8.89. The lowest BCUT2D eigenvalue weighted by molar-refractivity contribution is 0.0879. The van der Waals surface area contributed by atoms with Gasteiger partial charge in [-0.05, 0) is 18.2 Å². The third-order valence-corrected chi connectivity index (χ3v) is 4.71. The Bertz CT molecular complexity index is 927. The van der Waals surface area contributed by atoms with E-state index in [1.165, 1.54) is 36.2 Å². The summed E-state index contributed by atoms with van der Waals surface area (Å²) in [5, 5.41) is 23.3. The minimum atomic E-state index is -1.35. The number of carbonyl (C=O) groups is 1. The zero-order valence-electron chi connectivity index (χ0n) is 14.7. The Morgan fingerprint density at radius 2 is 1.93 bits per heavy atom. The molecule has 4 N–H and O–H groups in total. The van der Waals surface area contributed by atoms with Crippen LogP contribution in [0, 0.1) is 5.82 Å². The average molecular weight is 397 g/mol. The molecule has 1 amide bonds. The van der Waals surface area contributed by atoms with Crippen molar-refractivity contribution in [3.8, 4) is 0 Å². The number of aliphatic hydroxyl groups is 2. The lowest BCUT2D eigenvalue weighted by Crippen LogP contribution is -2.40. The summed E-state index contributed by atoms with van der Waals surface area (Å²) in [4.78, 5) is 24.7. The second-order valence-corrected chi connectivity index (χ2v) is 7.19. The fourth-order valence-electron chi connectivity index (χ4n) is 2.25. The molecular weight excluding hydrogens is 377 g/mol. The van der Waals surface area contributed by atoms with E-state index in [4.69, 9.17) is 10.2 Å². The first-order valence-corrected chi connectivity index (χ1v) is 9.46. The van der Waals surface area contributed by atoms with Crippen LogP contribution >= 0.6 is 0 Å². The van der Waals surface area contributed by atoms with Crippen LogP contribution in [-0.4, -0.2) is 50.4 Å². The molecule has 1 atom stereocenters. The topological polar surface area (TPSA) is 121 Å². The number of halogens is 1. The monoisotopic (exact) mass is 397 g/mol. The van der Waals surface area contributed by atoms with Gasteiger partial charge >= 0.3 is 0 Å². The van der Waals surface area contributed by atoms with E-state index in [0.29, 0.717) is 4.90 Å². The van der Waals surface area contributed by atoms with Crippen molar-refractivity contribution in [3.63, 3.8) is 0 Å². The Morgan fingerprint density at radius 3 is 2.48 bits per heavy atom. The van der Waals surface area contributed by atoms with Gasteiger partial charge in [0.25, 0.3) is 11.5 Å². The van der Waals surface area contributed by atoms with Crippen LogP contribution in [0.1, 0.15) is 10.4 Å². The Hall–Kier alpha value is -2.56. The number of pyridine rings is 1. The molecule has 0 saturated heterocycles. The quantitative estimate of drug-likeness (QED) is 0.526. The molecule has 1 aromatic carbocycles. The number of aliphatic hydroxyl groups excluding tert-OH is 2. The SMILES string of the molecule is Cn1cc(C(=O)NC(CO)CO)c(Nc2ccc(S(C)=O)cc2F)cc1=O. The maximum Gasteiger partial charge on any atom is 0.255 e.